The van der Waals surface area contributed by atoms with Gasteiger partial charge in [-0.25, -0.2) is 4.98 Å². The Morgan fingerprint density at radius 3 is 2.65 bits per heavy atom. The smallest absolute Gasteiger partial charge is 0.269 e. The van der Waals surface area contributed by atoms with Gasteiger partial charge in [-0.2, -0.15) is 0 Å². The van der Waals surface area contributed by atoms with Crippen LogP contribution in [0.3, 0.4) is 0 Å². The molecule has 1 heterocycles. The highest BCUT2D eigenvalue weighted by molar-refractivity contribution is 5.77. The first-order valence-corrected chi connectivity index (χ1v) is 6.03. The van der Waals surface area contributed by atoms with Crippen molar-refractivity contribution in [2.24, 2.45) is 5.73 Å². The first-order chi connectivity index (χ1) is 9.49. The third kappa shape index (κ3) is 2.82. The largest absolute Gasteiger partial charge is 0.368 e. The van der Waals surface area contributed by atoms with E-state index in [1.54, 1.807) is 36.0 Å². The van der Waals surface area contributed by atoms with E-state index < -0.39 is 16.9 Å². The lowest BCUT2D eigenvalue weighted by atomic mass is 10.1. The van der Waals surface area contributed by atoms with Crippen molar-refractivity contribution in [2.45, 2.75) is 19.4 Å². The number of imidazole rings is 1. The highest BCUT2D eigenvalue weighted by atomic mass is 16.6. The molecule has 0 bridgehead atoms. The molecule has 20 heavy (non-hydrogen) atoms. The van der Waals surface area contributed by atoms with Gasteiger partial charge >= 0.3 is 0 Å². The number of rotatable bonds is 5. The Labute approximate surface area is 115 Å². The van der Waals surface area contributed by atoms with Crippen LogP contribution in [0.1, 0.15) is 24.4 Å². The minimum Gasteiger partial charge on any atom is -0.368 e. The van der Waals surface area contributed by atoms with Gasteiger partial charge in [0.2, 0.25) is 5.91 Å². The average molecular weight is 274 g/mol. The van der Waals surface area contributed by atoms with Gasteiger partial charge in [0.05, 0.1) is 4.92 Å². The van der Waals surface area contributed by atoms with Crippen LogP contribution in [0.25, 0.3) is 0 Å². The molecule has 2 rings (SSSR count). The maximum atomic E-state index is 11.2. The molecule has 2 N–H and O–H groups in total. The molecular formula is C13H14N4O3. The zero-order chi connectivity index (χ0) is 14.7. The van der Waals surface area contributed by atoms with E-state index in [0.717, 1.165) is 5.56 Å². The van der Waals surface area contributed by atoms with Crippen LogP contribution in [0, 0.1) is 10.1 Å². The number of carbonyl (C=O) groups excluding carboxylic acids is 1. The van der Waals surface area contributed by atoms with Gasteiger partial charge < -0.3 is 10.3 Å². The Hall–Kier alpha value is -2.70. The highest BCUT2D eigenvalue weighted by Gasteiger charge is 2.15. The number of carbonyl (C=O) groups is 1. The molecule has 1 aromatic carbocycles. The first-order valence-electron chi connectivity index (χ1n) is 6.03. The molecule has 0 saturated carbocycles. The Bertz CT molecular complexity index is 633. The zero-order valence-electron chi connectivity index (χ0n) is 10.9. The minimum absolute atomic E-state index is 0.0441. The number of aromatic nitrogens is 2. The molecule has 0 spiro atoms. The summed E-state index contributed by atoms with van der Waals surface area (Å²) in [6, 6.07) is 5.75. The van der Waals surface area contributed by atoms with Crippen LogP contribution in [-0.4, -0.2) is 20.4 Å². The lowest BCUT2D eigenvalue weighted by Crippen LogP contribution is -2.25. The van der Waals surface area contributed by atoms with Crippen LogP contribution in [0.2, 0.25) is 0 Å². The lowest BCUT2D eigenvalue weighted by Gasteiger charge is -2.12. The summed E-state index contributed by atoms with van der Waals surface area (Å²) in [5.74, 6) is 0.248. The fourth-order valence-corrected chi connectivity index (χ4v) is 1.89. The van der Waals surface area contributed by atoms with E-state index in [2.05, 4.69) is 4.98 Å². The molecule has 1 atom stereocenters. The number of hydrogen-bond acceptors (Lipinski definition) is 4. The molecule has 0 saturated heterocycles. The summed E-state index contributed by atoms with van der Waals surface area (Å²) in [6.07, 6.45) is 3.76. The molecule has 1 aromatic heterocycles. The Balaban J connectivity index is 2.20. The van der Waals surface area contributed by atoms with E-state index in [0.29, 0.717) is 12.2 Å². The summed E-state index contributed by atoms with van der Waals surface area (Å²) in [4.78, 5) is 25.6. The second-order valence-corrected chi connectivity index (χ2v) is 4.43. The van der Waals surface area contributed by atoms with Crippen LogP contribution >= 0.6 is 0 Å². The third-order valence-electron chi connectivity index (χ3n) is 3.09. The van der Waals surface area contributed by atoms with Gasteiger partial charge in [-0.3, -0.25) is 14.9 Å². The van der Waals surface area contributed by atoms with E-state index >= 15 is 0 Å². The topological polar surface area (TPSA) is 104 Å². The maximum absolute atomic E-state index is 11.2. The van der Waals surface area contributed by atoms with E-state index in [4.69, 9.17) is 5.73 Å². The van der Waals surface area contributed by atoms with E-state index in [9.17, 15) is 14.9 Å². The molecule has 0 fully saturated rings. The summed E-state index contributed by atoms with van der Waals surface area (Å²) in [6.45, 7) is 1.70. The van der Waals surface area contributed by atoms with Crippen molar-refractivity contribution < 1.29 is 9.72 Å². The first kappa shape index (κ1) is 13.7. The van der Waals surface area contributed by atoms with Crippen molar-refractivity contribution in [3.8, 4) is 0 Å². The van der Waals surface area contributed by atoms with Gasteiger partial charge in [-0.05, 0) is 12.5 Å². The van der Waals surface area contributed by atoms with Crippen LogP contribution in [0.15, 0.2) is 36.7 Å². The summed E-state index contributed by atoms with van der Waals surface area (Å²) < 4.78 is 1.70. The third-order valence-corrected chi connectivity index (χ3v) is 3.09. The summed E-state index contributed by atoms with van der Waals surface area (Å²) >= 11 is 0. The SMILES string of the molecule is CC(C(N)=O)n1ccnc1Cc1ccc([N+](=O)[O-])cc1. The highest BCUT2D eigenvalue weighted by Crippen LogP contribution is 2.16. The predicted octanol–water partition coefficient (Wildman–Crippen LogP) is 1.43. The molecule has 0 aliphatic carbocycles. The number of non-ortho nitro benzene ring substituents is 1. The second-order valence-electron chi connectivity index (χ2n) is 4.43. The van der Waals surface area contributed by atoms with Crippen molar-refractivity contribution in [2.75, 3.05) is 0 Å². The number of nitro groups is 1. The van der Waals surface area contributed by atoms with E-state index in [-0.39, 0.29) is 5.69 Å². The Morgan fingerprint density at radius 2 is 2.10 bits per heavy atom. The monoisotopic (exact) mass is 274 g/mol. The molecule has 1 amide bonds. The number of nitro benzene ring substituents is 1. The minimum atomic E-state index is -0.481. The van der Waals surface area contributed by atoms with Crippen molar-refractivity contribution in [1.82, 2.24) is 9.55 Å². The normalized spacial score (nSPS) is 12.1. The zero-order valence-corrected chi connectivity index (χ0v) is 10.9. The van der Waals surface area contributed by atoms with Gasteiger partial charge in [0.1, 0.15) is 11.9 Å². The van der Waals surface area contributed by atoms with Crippen LogP contribution in [0.5, 0.6) is 0 Å². The molecule has 104 valence electrons. The summed E-state index contributed by atoms with van der Waals surface area (Å²) in [5, 5.41) is 10.6. The molecule has 0 aliphatic heterocycles. The standard InChI is InChI=1S/C13H14N4O3/c1-9(13(14)18)16-7-6-15-12(16)8-10-2-4-11(5-3-10)17(19)20/h2-7,9H,8H2,1H3,(H2,14,18). The second kappa shape index (κ2) is 5.52. The number of hydrogen-bond donors (Lipinski definition) is 1. The number of amides is 1. The van der Waals surface area contributed by atoms with Crippen LogP contribution < -0.4 is 5.73 Å². The summed E-state index contributed by atoms with van der Waals surface area (Å²) in [5.41, 5.74) is 6.20. The average Bonchev–Trinajstić information content (AvgIpc) is 2.86. The van der Waals surface area contributed by atoms with Crippen molar-refractivity contribution in [3.63, 3.8) is 0 Å². The van der Waals surface area contributed by atoms with Crippen molar-refractivity contribution in [1.29, 1.82) is 0 Å². The molecule has 0 radical (unpaired) electrons. The van der Waals surface area contributed by atoms with Gasteiger partial charge in [0.15, 0.2) is 0 Å². The van der Waals surface area contributed by atoms with E-state index in [1.165, 1.54) is 12.1 Å². The van der Waals surface area contributed by atoms with Gasteiger partial charge in [-0.1, -0.05) is 12.1 Å². The molecule has 1 unspecified atom stereocenters. The lowest BCUT2D eigenvalue weighted by molar-refractivity contribution is -0.384. The fourth-order valence-electron chi connectivity index (χ4n) is 1.89. The molecule has 2 aromatic rings. The van der Waals surface area contributed by atoms with Crippen LogP contribution in [0.4, 0.5) is 5.69 Å². The number of primary amides is 1. The van der Waals surface area contributed by atoms with Gasteiger partial charge in [0.25, 0.3) is 5.69 Å². The summed E-state index contributed by atoms with van der Waals surface area (Å²) in [7, 11) is 0. The molecular weight excluding hydrogens is 260 g/mol. The molecule has 7 heteroatoms. The predicted molar refractivity (Wildman–Crippen MR) is 72.0 cm³/mol. The number of nitrogens with zero attached hydrogens (tertiary/aromatic N) is 3. The van der Waals surface area contributed by atoms with E-state index in [1.807, 2.05) is 0 Å². The van der Waals surface area contributed by atoms with Gasteiger partial charge in [0, 0.05) is 30.9 Å². The quantitative estimate of drug-likeness (QED) is 0.657. The Morgan fingerprint density at radius 1 is 1.45 bits per heavy atom. The fraction of sp³-hybridized carbons (Fsp3) is 0.231. The molecule has 7 nitrogen and oxygen atoms in total. The van der Waals surface area contributed by atoms with Crippen LogP contribution in [-0.2, 0) is 11.2 Å². The van der Waals surface area contributed by atoms with Crippen molar-refractivity contribution in [3.05, 3.63) is 58.2 Å². The number of nitrogens with two attached hydrogens (primary N) is 1. The Kier molecular flexibility index (Phi) is 3.79. The van der Waals surface area contributed by atoms with Gasteiger partial charge in [-0.15, -0.1) is 0 Å². The van der Waals surface area contributed by atoms with Crippen molar-refractivity contribution >= 4 is 11.6 Å². The number of benzene rings is 1. The maximum Gasteiger partial charge on any atom is 0.269 e. The molecule has 0 aliphatic rings.